The van der Waals surface area contributed by atoms with Crippen LogP contribution in [-0.4, -0.2) is 20.8 Å². The Morgan fingerprint density at radius 3 is 3.20 bits per heavy atom. The second kappa shape index (κ2) is 2.31. The van der Waals surface area contributed by atoms with Gasteiger partial charge in [0.05, 0.1) is 12.2 Å². The van der Waals surface area contributed by atoms with E-state index in [9.17, 15) is 0 Å². The standard InChI is InChI=1S/C7H10N2S/c1-6-2-3-9(8-6)4-7-5-10-7/h2-3,7H,4-5H2,1H3. The molecule has 0 N–H and O–H groups in total. The molecule has 2 heterocycles. The van der Waals surface area contributed by atoms with E-state index < -0.39 is 0 Å². The highest BCUT2D eigenvalue weighted by molar-refractivity contribution is 8.06. The van der Waals surface area contributed by atoms with Gasteiger partial charge in [0.15, 0.2) is 0 Å². The van der Waals surface area contributed by atoms with Crippen LogP contribution in [0.2, 0.25) is 0 Å². The first-order chi connectivity index (χ1) is 4.84. The first-order valence-electron chi connectivity index (χ1n) is 3.46. The number of rotatable bonds is 2. The van der Waals surface area contributed by atoms with Crippen molar-refractivity contribution < 1.29 is 0 Å². The molecule has 0 aliphatic carbocycles. The van der Waals surface area contributed by atoms with E-state index in [1.54, 1.807) is 0 Å². The molecule has 1 saturated heterocycles. The molecule has 54 valence electrons. The third-order valence-electron chi connectivity index (χ3n) is 1.57. The Hall–Kier alpha value is -0.440. The van der Waals surface area contributed by atoms with Crippen LogP contribution < -0.4 is 0 Å². The van der Waals surface area contributed by atoms with Gasteiger partial charge in [-0.25, -0.2) is 0 Å². The minimum absolute atomic E-state index is 0.847. The smallest absolute Gasteiger partial charge is 0.0593 e. The topological polar surface area (TPSA) is 17.8 Å². The van der Waals surface area contributed by atoms with Crippen LogP contribution in [0.5, 0.6) is 0 Å². The Bertz CT molecular complexity index is 227. The van der Waals surface area contributed by atoms with Crippen LogP contribution >= 0.6 is 11.8 Å². The van der Waals surface area contributed by atoms with Crippen molar-refractivity contribution in [1.29, 1.82) is 0 Å². The minimum atomic E-state index is 0.847. The fraction of sp³-hybridized carbons (Fsp3) is 0.571. The van der Waals surface area contributed by atoms with E-state index in [0.29, 0.717) is 0 Å². The molecular weight excluding hydrogens is 144 g/mol. The normalized spacial score (nSPS) is 23.1. The molecule has 10 heavy (non-hydrogen) atoms. The zero-order valence-electron chi connectivity index (χ0n) is 5.95. The van der Waals surface area contributed by atoms with Gasteiger partial charge >= 0.3 is 0 Å². The molecule has 0 spiro atoms. The molecule has 1 fully saturated rings. The van der Waals surface area contributed by atoms with E-state index in [1.807, 2.05) is 35.6 Å². The molecule has 1 aromatic rings. The second-order valence-electron chi connectivity index (χ2n) is 2.63. The summed E-state index contributed by atoms with van der Waals surface area (Å²) in [5.41, 5.74) is 1.12. The number of hydrogen-bond acceptors (Lipinski definition) is 2. The largest absolute Gasteiger partial charge is 0.271 e. The van der Waals surface area contributed by atoms with Crippen molar-refractivity contribution >= 4 is 11.8 Å². The second-order valence-corrected chi connectivity index (χ2v) is 3.97. The summed E-state index contributed by atoms with van der Waals surface area (Å²) >= 11 is 2.01. The van der Waals surface area contributed by atoms with Crippen LogP contribution in [0.4, 0.5) is 0 Å². The maximum atomic E-state index is 4.29. The average molecular weight is 154 g/mol. The minimum Gasteiger partial charge on any atom is -0.271 e. The zero-order valence-corrected chi connectivity index (χ0v) is 6.77. The van der Waals surface area contributed by atoms with Gasteiger partial charge in [-0.05, 0) is 13.0 Å². The fourth-order valence-corrected chi connectivity index (χ4v) is 1.45. The number of aromatic nitrogens is 2. The van der Waals surface area contributed by atoms with Crippen molar-refractivity contribution in [3.05, 3.63) is 18.0 Å². The number of nitrogens with zero attached hydrogens (tertiary/aromatic N) is 2. The molecule has 0 aromatic carbocycles. The Kier molecular flexibility index (Phi) is 1.45. The maximum absolute atomic E-state index is 4.29. The van der Waals surface area contributed by atoms with Crippen LogP contribution in [0.3, 0.4) is 0 Å². The molecule has 2 rings (SSSR count). The summed E-state index contributed by atoms with van der Waals surface area (Å²) in [4.78, 5) is 0. The van der Waals surface area contributed by atoms with Crippen LogP contribution in [0.1, 0.15) is 5.69 Å². The third kappa shape index (κ3) is 1.34. The van der Waals surface area contributed by atoms with E-state index in [1.165, 1.54) is 5.75 Å². The highest BCUT2D eigenvalue weighted by Crippen LogP contribution is 2.30. The van der Waals surface area contributed by atoms with Gasteiger partial charge in [-0.15, -0.1) is 0 Å². The number of thioether (sulfide) groups is 1. The summed E-state index contributed by atoms with van der Waals surface area (Å²) in [6.07, 6.45) is 2.05. The Balaban J connectivity index is 2.03. The van der Waals surface area contributed by atoms with Crippen molar-refractivity contribution in [2.75, 3.05) is 5.75 Å². The van der Waals surface area contributed by atoms with Crippen molar-refractivity contribution in [2.24, 2.45) is 0 Å². The summed E-state index contributed by atoms with van der Waals surface area (Å²) in [5, 5.41) is 5.14. The van der Waals surface area contributed by atoms with E-state index >= 15 is 0 Å². The Morgan fingerprint density at radius 2 is 2.70 bits per heavy atom. The molecule has 1 unspecified atom stereocenters. The van der Waals surface area contributed by atoms with Gasteiger partial charge in [0, 0.05) is 17.2 Å². The van der Waals surface area contributed by atoms with Crippen LogP contribution in [0, 0.1) is 6.92 Å². The van der Waals surface area contributed by atoms with Gasteiger partial charge < -0.3 is 0 Å². The molecule has 1 aromatic heterocycles. The highest BCUT2D eigenvalue weighted by atomic mass is 32.2. The monoisotopic (exact) mass is 154 g/mol. The Morgan fingerprint density at radius 1 is 1.90 bits per heavy atom. The quantitative estimate of drug-likeness (QED) is 0.598. The first kappa shape index (κ1) is 6.28. The average Bonchev–Trinajstić information content (AvgIpc) is 2.59. The van der Waals surface area contributed by atoms with Crippen molar-refractivity contribution in [1.82, 2.24) is 9.78 Å². The van der Waals surface area contributed by atoms with Crippen LogP contribution in [0.15, 0.2) is 12.3 Å². The molecular formula is C7H10N2S. The molecule has 3 heteroatoms. The first-order valence-corrected chi connectivity index (χ1v) is 4.51. The summed E-state index contributed by atoms with van der Waals surface area (Å²) in [7, 11) is 0. The predicted molar refractivity (Wildman–Crippen MR) is 43.2 cm³/mol. The maximum Gasteiger partial charge on any atom is 0.0593 e. The molecule has 2 nitrogen and oxygen atoms in total. The lowest BCUT2D eigenvalue weighted by Crippen LogP contribution is -2.03. The van der Waals surface area contributed by atoms with Crippen molar-refractivity contribution in [3.63, 3.8) is 0 Å². The van der Waals surface area contributed by atoms with Crippen molar-refractivity contribution in [2.45, 2.75) is 18.7 Å². The van der Waals surface area contributed by atoms with Gasteiger partial charge in [-0.1, -0.05) is 0 Å². The predicted octanol–water partition coefficient (Wildman–Crippen LogP) is 1.31. The fourth-order valence-electron chi connectivity index (χ4n) is 0.947. The third-order valence-corrected chi connectivity index (χ3v) is 2.52. The molecule has 0 bridgehead atoms. The highest BCUT2D eigenvalue weighted by Gasteiger charge is 2.22. The lowest BCUT2D eigenvalue weighted by atomic mass is 10.5. The molecule has 1 aliphatic rings. The van der Waals surface area contributed by atoms with E-state index in [2.05, 4.69) is 5.10 Å². The Labute approximate surface area is 64.6 Å². The lowest BCUT2D eigenvalue weighted by molar-refractivity contribution is 0.628. The van der Waals surface area contributed by atoms with E-state index in [0.717, 1.165) is 17.5 Å². The summed E-state index contributed by atoms with van der Waals surface area (Å²) in [6, 6.07) is 2.05. The lowest BCUT2D eigenvalue weighted by Gasteiger charge is -1.94. The summed E-state index contributed by atoms with van der Waals surface area (Å²) in [5.74, 6) is 1.32. The van der Waals surface area contributed by atoms with Gasteiger partial charge in [0.25, 0.3) is 0 Å². The molecule has 0 saturated carbocycles. The van der Waals surface area contributed by atoms with E-state index in [4.69, 9.17) is 0 Å². The van der Waals surface area contributed by atoms with Crippen LogP contribution in [0.25, 0.3) is 0 Å². The molecule has 1 atom stereocenters. The SMILES string of the molecule is Cc1ccn(CC2CS2)n1. The summed E-state index contributed by atoms with van der Waals surface area (Å²) in [6.45, 7) is 3.12. The van der Waals surface area contributed by atoms with Gasteiger partial charge in [0.2, 0.25) is 0 Å². The number of aryl methyl sites for hydroxylation is 1. The molecule has 0 amide bonds. The molecule has 0 radical (unpaired) electrons. The van der Waals surface area contributed by atoms with Gasteiger partial charge in [-0.3, -0.25) is 4.68 Å². The van der Waals surface area contributed by atoms with Crippen molar-refractivity contribution in [3.8, 4) is 0 Å². The molecule has 1 aliphatic heterocycles. The van der Waals surface area contributed by atoms with Gasteiger partial charge in [0.1, 0.15) is 0 Å². The van der Waals surface area contributed by atoms with E-state index in [-0.39, 0.29) is 0 Å². The van der Waals surface area contributed by atoms with Crippen LogP contribution in [-0.2, 0) is 6.54 Å². The zero-order chi connectivity index (χ0) is 6.97. The van der Waals surface area contributed by atoms with Gasteiger partial charge in [-0.2, -0.15) is 16.9 Å². The summed E-state index contributed by atoms with van der Waals surface area (Å²) < 4.78 is 2.03. The number of hydrogen-bond donors (Lipinski definition) is 0.